The minimum Gasteiger partial charge on any atom is -0.480 e. The molecule has 122 valence electrons. The molecule has 3 amide bonds. The number of rotatable bonds is 7. The molecule has 1 aromatic carbocycles. The zero-order valence-corrected chi connectivity index (χ0v) is 12.7. The molecule has 0 bridgehead atoms. The summed E-state index contributed by atoms with van der Waals surface area (Å²) in [5.41, 5.74) is 0.511. The van der Waals surface area contributed by atoms with Gasteiger partial charge in [0.05, 0.1) is 11.1 Å². The summed E-state index contributed by atoms with van der Waals surface area (Å²) in [5, 5.41) is 11.5. The zero-order chi connectivity index (χ0) is 17.0. The highest BCUT2D eigenvalue weighted by Crippen LogP contribution is 2.21. The number of imide groups is 1. The van der Waals surface area contributed by atoms with Crippen molar-refractivity contribution in [1.82, 2.24) is 10.2 Å². The molecule has 1 aliphatic rings. The Labute approximate surface area is 133 Å². The van der Waals surface area contributed by atoms with Gasteiger partial charge < -0.3 is 10.4 Å². The molecule has 0 saturated carbocycles. The molecule has 7 heteroatoms. The fourth-order valence-electron chi connectivity index (χ4n) is 2.43. The van der Waals surface area contributed by atoms with Gasteiger partial charge in [-0.25, -0.2) is 4.79 Å². The Balaban J connectivity index is 2.02. The summed E-state index contributed by atoms with van der Waals surface area (Å²) in [4.78, 5) is 48.2. The highest BCUT2D eigenvalue weighted by molar-refractivity contribution is 6.22. The van der Waals surface area contributed by atoms with E-state index >= 15 is 0 Å². The number of carboxylic acid groups (broad SMARTS) is 1. The number of nitrogens with one attached hydrogen (secondary N) is 1. The highest BCUT2D eigenvalue weighted by atomic mass is 16.4. The summed E-state index contributed by atoms with van der Waals surface area (Å²) in [6.07, 6.45) is 1.77. The van der Waals surface area contributed by atoms with Crippen molar-refractivity contribution in [3.05, 3.63) is 35.4 Å². The number of hydrogen-bond acceptors (Lipinski definition) is 4. The largest absolute Gasteiger partial charge is 0.480 e. The number of carbonyl (C=O) groups is 4. The lowest BCUT2D eigenvalue weighted by atomic mass is 10.1. The van der Waals surface area contributed by atoms with Gasteiger partial charge in [-0.3, -0.25) is 19.3 Å². The van der Waals surface area contributed by atoms with Crippen LogP contribution in [0.1, 0.15) is 46.9 Å². The summed E-state index contributed by atoms with van der Waals surface area (Å²) >= 11 is 0. The molecule has 23 heavy (non-hydrogen) atoms. The first-order valence-corrected chi connectivity index (χ1v) is 7.43. The van der Waals surface area contributed by atoms with Gasteiger partial charge in [0.25, 0.3) is 11.8 Å². The van der Waals surface area contributed by atoms with Crippen molar-refractivity contribution in [3.8, 4) is 0 Å². The smallest absolute Gasteiger partial charge is 0.326 e. The third-order valence-electron chi connectivity index (χ3n) is 3.66. The molecule has 1 aliphatic heterocycles. The summed E-state index contributed by atoms with van der Waals surface area (Å²) in [7, 11) is 0. The van der Waals surface area contributed by atoms with Gasteiger partial charge in [0, 0.05) is 0 Å². The Morgan fingerprint density at radius 3 is 2.22 bits per heavy atom. The number of nitrogens with zero attached hydrogens (tertiary/aromatic N) is 1. The molecule has 0 saturated heterocycles. The van der Waals surface area contributed by atoms with Gasteiger partial charge in [-0.05, 0) is 18.6 Å². The van der Waals surface area contributed by atoms with Crippen molar-refractivity contribution in [1.29, 1.82) is 0 Å². The van der Waals surface area contributed by atoms with E-state index < -0.39 is 36.3 Å². The van der Waals surface area contributed by atoms with E-state index in [2.05, 4.69) is 5.32 Å². The SMILES string of the molecule is CCCC[C@H](NC(=O)CN1C(=O)c2ccccc2C1=O)C(=O)O. The number of fused-ring (bicyclic) bond motifs is 1. The predicted octanol–water partition coefficient (Wildman–Crippen LogP) is 1.04. The number of benzene rings is 1. The second-order valence-electron chi connectivity index (χ2n) is 5.34. The third-order valence-corrected chi connectivity index (χ3v) is 3.66. The second kappa shape index (κ2) is 7.04. The van der Waals surface area contributed by atoms with E-state index in [1.54, 1.807) is 12.1 Å². The molecule has 1 aromatic rings. The first-order chi connectivity index (χ1) is 11.0. The maximum Gasteiger partial charge on any atom is 0.326 e. The number of unbranched alkanes of at least 4 members (excludes halogenated alkanes) is 1. The van der Waals surface area contributed by atoms with E-state index in [-0.39, 0.29) is 11.1 Å². The van der Waals surface area contributed by atoms with Crippen LogP contribution in [0.5, 0.6) is 0 Å². The maximum absolute atomic E-state index is 12.1. The van der Waals surface area contributed by atoms with Crippen LogP contribution < -0.4 is 5.32 Å². The average molecular weight is 318 g/mol. The second-order valence-corrected chi connectivity index (χ2v) is 5.34. The highest BCUT2D eigenvalue weighted by Gasteiger charge is 2.36. The van der Waals surface area contributed by atoms with Gasteiger partial charge in [-0.15, -0.1) is 0 Å². The van der Waals surface area contributed by atoms with Gasteiger partial charge in [-0.2, -0.15) is 0 Å². The summed E-state index contributed by atoms with van der Waals surface area (Å²) in [6.45, 7) is 1.43. The van der Waals surface area contributed by atoms with Crippen LogP contribution in [0.2, 0.25) is 0 Å². The summed E-state index contributed by atoms with van der Waals surface area (Å²) in [5.74, 6) is -2.88. The normalized spacial score (nSPS) is 14.6. The molecular formula is C16H18N2O5. The van der Waals surface area contributed by atoms with E-state index in [4.69, 9.17) is 5.11 Å². The Morgan fingerprint density at radius 1 is 1.17 bits per heavy atom. The van der Waals surface area contributed by atoms with Crippen LogP contribution >= 0.6 is 0 Å². The molecule has 2 rings (SSSR count). The fraction of sp³-hybridized carbons (Fsp3) is 0.375. The lowest BCUT2D eigenvalue weighted by Gasteiger charge is -2.17. The number of carbonyl (C=O) groups excluding carboxylic acids is 3. The van der Waals surface area contributed by atoms with Crippen LogP contribution in [0.15, 0.2) is 24.3 Å². The molecule has 0 aromatic heterocycles. The Hall–Kier alpha value is -2.70. The van der Waals surface area contributed by atoms with Crippen molar-refractivity contribution in [2.45, 2.75) is 32.2 Å². The molecular weight excluding hydrogens is 300 g/mol. The Bertz CT molecular complexity index is 621. The van der Waals surface area contributed by atoms with Gasteiger partial charge in [0.1, 0.15) is 12.6 Å². The van der Waals surface area contributed by atoms with E-state index in [1.807, 2.05) is 6.92 Å². The van der Waals surface area contributed by atoms with Gasteiger partial charge >= 0.3 is 5.97 Å². The molecule has 0 fully saturated rings. The lowest BCUT2D eigenvalue weighted by Crippen LogP contribution is -2.46. The van der Waals surface area contributed by atoms with Gasteiger partial charge in [0.15, 0.2) is 0 Å². The maximum atomic E-state index is 12.1. The molecule has 0 spiro atoms. The van der Waals surface area contributed by atoms with Crippen LogP contribution in [0.25, 0.3) is 0 Å². The van der Waals surface area contributed by atoms with Crippen LogP contribution in [0.3, 0.4) is 0 Å². The number of amides is 3. The average Bonchev–Trinajstić information content (AvgIpc) is 2.76. The Morgan fingerprint density at radius 2 is 1.74 bits per heavy atom. The summed E-state index contributed by atoms with van der Waals surface area (Å²) < 4.78 is 0. The molecule has 2 N–H and O–H groups in total. The Kier molecular flexibility index (Phi) is 5.10. The first kappa shape index (κ1) is 16.7. The van der Waals surface area contributed by atoms with Crippen LogP contribution in [0.4, 0.5) is 0 Å². The summed E-state index contributed by atoms with van der Waals surface area (Å²) in [6, 6.07) is 5.30. The third kappa shape index (κ3) is 3.56. The van der Waals surface area contributed by atoms with Crippen LogP contribution in [-0.2, 0) is 9.59 Å². The van der Waals surface area contributed by atoms with E-state index in [1.165, 1.54) is 12.1 Å². The quantitative estimate of drug-likeness (QED) is 0.731. The molecule has 1 atom stereocenters. The number of aliphatic carboxylic acids is 1. The molecule has 0 radical (unpaired) electrons. The molecule has 1 heterocycles. The fourth-order valence-corrected chi connectivity index (χ4v) is 2.43. The topological polar surface area (TPSA) is 104 Å². The van der Waals surface area contributed by atoms with Crippen molar-refractivity contribution in [2.24, 2.45) is 0 Å². The van der Waals surface area contributed by atoms with Gasteiger partial charge in [0.2, 0.25) is 5.91 Å². The van der Waals surface area contributed by atoms with Crippen molar-refractivity contribution in [2.75, 3.05) is 6.54 Å². The van der Waals surface area contributed by atoms with Crippen LogP contribution in [0, 0.1) is 0 Å². The minimum absolute atomic E-state index is 0.256. The molecule has 0 aliphatic carbocycles. The molecule has 7 nitrogen and oxygen atoms in total. The predicted molar refractivity (Wildman–Crippen MR) is 80.9 cm³/mol. The first-order valence-electron chi connectivity index (χ1n) is 7.43. The number of carboxylic acids is 1. The number of hydrogen-bond donors (Lipinski definition) is 2. The van der Waals surface area contributed by atoms with Crippen molar-refractivity contribution >= 4 is 23.7 Å². The van der Waals surface area contributed by atoms with Crippen LogP contribution in [-0.4, -0.2) is 46.3 Å². The lowest BCUT2D eigenvalue weighted by molar-refractivity contribution is -0.142. The van der Waals surface area contributed by atoms with E-state index in [0.717, 1.165) is 11.3 Å². The monoisotopic (exact) mass is 318 g/mol. The minimum atomic E-state index is -1.13. The van der Waals surface area contributed by atoms with Crippen molar-refractivity contribution < 1.29 is 24.3 Å². The van der Waals surface area contributed by atoms with Gasteiger partial charge in [-0.1, -0.05) is 31.9 Å². The molecule has 0 unspecified atom stereocenters. The van der Waals surface area contributed by atoms with E-state index in [9.17, 15) is 19.2 Å². The standard InChI is InChI=1S/C16H18N2O5/c1-2-3-8-12(16(22)23)17-13(19)9-18-14(20)10-6-4-5-7-11(10)15(18)21/h4-7,12H,2-3,8-9H2,1H3,(H,17,19)(H,22,23)/t12-/m0/s1. The van der Waals surface area contributed by atoms with E-state index in [0.29, 0.717) is 12.8 Å². The van der Waals surface area contributed by atoms with Crippen molar-refractivity contribution in [3.63, 3.8) is 0 Å². The zero-order valence-electron chi connectivity index (χ0n) is 12.7.